The highest BCUT2D eigenvalue weighted by molar-refractivity contribution is 6.34. The van der Waals surface area contributed by atoms with E-state index in [9.17, 15) is 14.4 Å². The molecule has 1 aromatic rings. The largest absolute Gasteiger partial charge is 0.478 e. The van der Waals surface area contributed by atoms with E-state index in [1.807, 2.05) is 0 Å². The van der Waals surface area contributed by atoms with Gasteiger partial charge in [-0.05, 0) is 18.2 Å². The maximum atomic E-state index is 11.3. The highest BCUT2D eigenvalue weighted by Crippen LogP contribution is 2.23. The molecule has 0 aromatic heterocycles. The second-order valence-electron chi connectivity index (χ2n) is 3.16. The first kappa shape index (κ1) is 13.7. The van der Waals surface area contributed by atoms with Crippen LogP contribution < -0.4 is 5.32 Å². The molecule has 1 amide bonds. The van der Waals surface area contributed by atoms with Crippen LogP contribution in [0.1, 0.15) is 10.4 Å². The standard InChI is InChI=1S/C11H8ClNO5/c12-7-2-1-6(11(17)18)5-8(7)13-9(14)3-4-10(15)16/h1-5H,(H,13,14)(H,15,16)(H,17,18)/b4-3+. The number of nitrogens with one attached hydrogen (secondary N) is 1. The van der Waals surface area contributed by atoms with Crippen LogP contribution in [0.25, 0.3) is 0 Å². The molecule has 0 atom stereocenters. The van der Waals surface area contributed by atoms with Crippen molar-refractivity contribution in [3.8, 4) is 0 Å². The molecule has 0 bridgehead atoms. The summed E-state index contributed by atoms with van der Waals surface area (Å²) in [5.74, 6) is -3.15. The Kier molecular flexibility index (Phi) is 4.45. The van der Waals surface area contributed by atoms with Crippen LogP contribution in [0.3, 0.4) is 0 Å². The van der Waals surface area contributed by atoms with Crippen molar-refractivity contribution in [1.82, 2.24) is 0 Å². The molecule has 0 aliphatic rings. The fourth-order valence-corrected chi connectivity index (χ4v) is 1.24. The third-order valence-corrected chi connectivity index (χ3v) is 2.18. The number of anilines is 1. The van der Waals surface area contributed by atoms with E-state index in [0.717, 1.165) is 6.08 Å². The minimum absolute atomic E-state index is 0.0445. The Morgan fingerprint density at radius 2 is 1.83 bits per heavy atom. The number of aromatic carboxylic acids is 1. The summed E-state index contributed by atoms with van der Waals surface area (Å²) in [7, 11) is 0. The Bertz CT molecular complexity index is 538. The van der Waals surface area contributed by atoms with E-state index in [2.05, 4.69) is 5.32 Å². The van der Waals surface area contributed by atoms with Gasteiger partial charge in [-0.2, -0.15) is 0 Å². The van der Waals surface area contributed by atoms with Gasteiger partial charge in [0.15, 0.2) is 0 Å². The Balaban J connectivity index is 2.90. The lowest BCUT2D eigenvalue weighted by atomic mass is 10.2. The summed E-state index contributed by atoms with van der Waals surface area (Å²) >= 11 is 5.76. The van der Waals surface area contributed by atoms with Gasteiger partial charge in [-0.3, -0.25) is 4.79 Å². The lowest BCUT2D eigenvalue weighted by Crippen LogP contribution is -2.10. The van der Waals surface area contributed by atoms with Crippen molar-refractivity contribution in [2.45, 2.75) is 0 Å². The second kappa shape index (κ2) is 5.83. The van der Waals surface area contributed by atoms with Gasteiger partial charge in [0.05, 0.1) is 16.3 Å². The number of benzene rings is 1. The molecular weight excluding hydrogens is 262 g/mol. The smallest absolute Gasteiger partial charge is 0.335 e. The SMILES string of the molecule is O=C(O)/C=C/C(=O)Nc1cc(C(=O)O)ccc1Cl. The number of aliphatic carboxylic acids is 1. The Morgan fingerprint density at radius 3 is 2.39 bits per heavy atom. The summed E-state index contributed by atoms with van der Waals surface area (Å²) in [4.78, 5) is 32.2. The highest BCUT2D eigenvalue weighted by atomic mass is 35.5. The number of amides is 1. The van der Waals surface area contributed by atoms with Gasteiger partial charge in [0.1, 0.15) is 0 Å². The van der Waals surface area contributed by atoms with Crippen molar-refractivity contribution in [2.75, 3.05) is 5.32 Å². The Morgan fingerprint density at radius 1 is 1.17 bits per heavy atom. The average Bonchev–Trinajstić information content (AvgIpc) is 2.29. The zero-order valence-electron chi connectivity index (χ0n) is 8.88. The predicted octanol–water partition coefficient (Wildman–Crippen LogP) is 1.62. The van der Waals surface area contributed by atoms with Gasteiger partial charge in [0.25, 0.3) is 0 Å². The molecule has 0 saturated carbocycles. The predicted molar refractivity (Wildman–Crippen MR) is 63.8 cm³/mol. The molecule has 0 fully saturated rings. The minimum Gasteiger partial charge on any atom is -0.478 e. The lowest BCUT2D eigenvalue weighted by molar-refractivity contribution is -0.131. The third kappa shape index (κ3) is 3.91. The summed E-state index contributed by atoms with van der Waals surface area (Å²) in [6.07, 6.45) is 1.45. The Hall–Kier alpha value is -2.34. The van der Waals surface area contributed by atoms with E-state index >= 15 is 0 Å². The van der Waals surface area contributed by atoms with Gasteiger partial charge in [-0.1, -0.05) is 11.6 Å². The molecule has 94 valence electrons. The van der Waals surface area contributed by atoms with Crippen LogP contribution in [0.4, 0.5) is 5.69 Å². The summed E-state index contributed by atoms with van der Waals surface area (Å²) in [6, 6.07) is 3.78. The molecule has 6 nitrogen and oxygen atoms in total. The maximum Gasteiger partial charge on any atom is 0.335 e. The number of carboxylic acid groups (broad SMARTS) is 2. The number of carboxylic acids is 2. The fraction of sp³-hybridized carbons (Fsp3) is 0. The normalized spacial score (nSPS) is 10.3. The van der Waals surface area contributed by atoms with Crippen molar-refractivity contribution in [1.29, 1.82) is 0 Å². The molecule has 0 heterocycles. The van der Waals surface area contributed by atoms with Crippen LogP contribution in [0.5, 0.6) is 0 Å². The molecule has 0 unspecified atom stereocenters. The second-order valence-corrected chi connectivity index (χ2v) is 3.57. The molecule has 0 saturated heterocycles. The number of hydrogen-bond donors (Lipinski definition) is 3. The first-order chi connectivity index (χ1) is 8.40. The van der Waals surface area contributed by atoms with Crippen LogP contribution in [-0.4, -0.2) is 28.1 Å². The zero-order chi connectivity index (χ0) is 13.7. The molecule has 0 aliphatic heterocycles. The monoisotopic (exact) mass is 269 g/mol. The number of hydrogen-bond acceptors (Lipinski definition) is 3. The van der Waals surface area contributed by atoms with Crippen molar-refractivity contribution in [3.63, 3.8) is 0 Å². The van der Waals surface area contributed by atoms with Gasteiger partial charge in [-0.15, -0.1) is 0 Å². The van der Waals surface area contributed by atoms with E-state index in [1.165, 1.54) is 18.2 Å². The number of carbonyl (C=O) groups excluding carboxylic acids is 1. The molecule has 18 heavy (non-hydrogen) atoms. The maximum absolute atomic E-state index is 11.3. The summed E-state index contributed by atoms with van der Waals surface area (Å²) in [6.45, 7) is 0. The highest BCUT2D eigenvalue weighted by Gasteiger charge is 2.08. The molecular formula is C11H8ClNO5. The summed E-state index contributed by atoms with van der Waals surface area (Å²) in [5, 5.41) is 19.5. The molecule has 1 rings (SSSR count). The van der Waals surface area contributed by atoms with Crippen LogP contribution in [0.2, 0.25) is 5.02 Å². The molecule has 7 heteroatoms. The van der Waals surface area contributed by atoms with E-state index in [1.54, 1.807) is 0 Å². The first-order valence-corrected chi connectivity index (χ1v) is 5.03. The van der Waals surface area contributed by atoms with Crippen LogP contribution in [0, 0.1) is 0 Å². The van der Waals surface area contributed by atoms with E-state index in [0.29, 0.717) is 6.08 Å². The molecule has 3 N–H and O–H groups in total. The quantitative estimate of drug-likeness (QED) is 0.721. The van der Waals surface area contributed by atoms with Crippen molar-refractivity contribution >= 4 is 35.1 Å². The van der Waals surface area contributed by atoms with Crippen LogP contribution >= 0.6 is 11.6 Å². The third-order valence-electron chi connectivity index (χ3n) is 1.85. The summed E-state index contributed by atoms with van der Waals surface area (Å²) < 4.78 is 0. The van der Waals surface area contributed by atoms with E-state index in [-0.39, 0.29) is 16.3 Å². The van der Waals surface area contributed by atoms with Crippen LogP contribution in [-0.2, 0) is 9.59 Å². The van der Waals surface area contributed by atoms with Crippen molar-refractivity contribution in [2.24, 2.45) is 0 Å². The number of carbonyl (C=O) groups is 3. The van der Waals surface area contributed by atoms with E-state index < -0.39 is 17.8 Å². The zero-order valence-corrected chi connectivity index (χ0v) is 9.64. The number of halogens is 1. The Labute approximate surface area is 106 Å². The molecule has 0 radical (unpaired) electrons. The van der Waals surface area contributed by atoms with E-state index in [4.69, 9.17) is 21.8 Å². The first-order valence-electron chi connectivity index (χ1n) is 4.65. The summed E-state index contributed by atoms with van der Waals surface area (Å²) in [5.41, 5.74) is 0.0496. The molecule has 1 aromatic carbocycles. The minimum atomic E-state index is -1.27. The molecule has 0 spiro atoms. The van der Waals surface area contributed by atoms with Crippen LogP contribution in [0.15, 0.2) is 30.4 Å². The van der Waals surface area contributed by atoms with Gasteiger partial charge in [0, 0.05) is 12.2 Å². The van der Waals surface area contributed by atoms with Gasteiger partial charge in [0.2, 0.25) is 5.91 Å². The van der Waals surface area contributed by atoms with Gasteiger partial charge in [-0.25, -0.2) is 9.59 Å². The number of rotatable bonds is 4. The van der Waals surface area contributed by atoms with Gasteiger partial charge >= 0.3 is 11.9 Å². The fourth-order valence-electron chi connectivity index (χ4n) is 1.08. The van der Waals surface area contributed by atoms with Crippen molar-refractivity contribution in [3.05, 3.63) is 40.9 Å². The topological polar surface area (TPSA) is 104 Å². The lowest BCUT2D eigenvalue weighted by Gasteiger charge is -2.05. The average molecular weight is 270 g/mol. The van der Waals surface area contributed by atoms with Crippen molar-refractivity contribution < 1.29 is 24.6 Å². The van der Waals surface area contributed by atoms with Gasteiger partial charge < -0.3 is 15.5 Å². The molecule has 0 aliphatic carbocycles.